The third-order valence-electron chi connectivity index (χ3n) is 3.52. The molecular formula is C17H22N2O2. The van der Waals surface area contributed by atoms with Crippen molar-refractivity contribution in [3.63, 3.8) is 0 Å². The number of pyridine rings is 1. The van der Waals surface area contributed by atoms with Gasteiger partial charge in [-0.05, 0) is 48.9 Å². The number of aliphatic hydroxyl groups excluding tert-OH is 1. The molecule has 1 aromatic heterocycles. The molecule has 0 fully saturated rings. The molecule has 1 aromatic carbocycles. The molecule has 0 aliphatic rings. The van der Waals surface area contributed by atoms with E-state index in [0.29, 0.717) is 6.54 Å². The summed E-state index contributed by atoms with van der Waals surface area (Å²) in [6, 6.07) is 11.6. The Kier molecular flexibility index (Phi) is 5.72. The standard InChI is InChI=1S/C17H22N2O2/c1-19(12-9-14-7-10-18-11-8-14)13-17(20)15-3-5-16(21-2)6-4-15/h3-8,10-11,17,20H,9,12-13H2,1-2H3. The van der Waals surface area contributed by atoms with Crippen LogP contribution in [0.25, 0.3) is 0 Å². The smallest absolute Gasteiger partial charge is 0.118 e. The third kappa shape index (κ3) is 4.85. The van der Waals surface area contributed by atoms with Crippen molar-refractivity contribution < 1.29 is 9.84 Å². The minimum absolute atomic E-state index is 0.488. The normalized spacial score (nSPS) is 12.4. The summed E-state index contributed by atoms with van der Waals surface area (Å²) in [6.07, 6.45) is 4.08. The van der Waals surface area contributed by atoms with E-state index < -0.39 is 6.10 Å². The largest absolute Gasteiger partial charge is 0.497 e. The lowest BCUT2D eigenvalue weighted by atomic mass is 10.1. The van der Waals surface area contributed by atoms with Crippen LogP contribution < -0.4 is 4.74 Å². The van der Waals surface area contributed by atoms with Crippen molar-refractivity contribution in [2.75, 3.05) is 27.2 Å². The van der Waals surface area contributed by atoms with E-state index in [2.05, 4.69) is 9.88 Å². The highest BCUT2D eigenvalue weighted by molar-refractivity contribution is 5.28. The van der Waals surface area contributed by atoms with Crippen molar-refractivity contribution in [3.05, 3.63) is 59.9 Å². The van der Waals surface area contributed by atoms with Crippen molar-refractivity contribution in [2.24, 2.45) is 0 Å². The molecule has 2 rings (SSSR count). The van der Waals surface area contributed by atoms with Crippen LogP contribution in [-0.2, 0) is 6.42 Å². The maximum atomic E-state index is 10.3. The molecule has 112 valence electrons. The number of benzene rings is 1. The van der Waals surface area contributed by atoms with E-state index >= 15 is 0 Å². The molecule has 0 spiro atoms. The van der Waals surface area contributed by atoms with E-state index in [-0.39, 0.29) is 0 Å². The SMILES string of the molecule is COc1ccc(C(O)CN(C)CCc2ccncc2)cc1. The molecule has 4 nitrogen and oxygen atoms in total. The van der Waals surface area contributed by atoms with Crippen LogP contribution in [0.3, 0.4) is 0 Å². The molecule has 0 radical (unpaired) electrons. The number of hydrogen-bond donors (Lipinski definition) is 1. The molecule has 0 aliphatic heterocycles. The number of aliphatic hydroxyl groups is 1. The lowest BCUT2D eigenvalue weighted by molar-refractivity contribution is 0.127. The predicted molar refractivity (Wildman–Crippen MR) is 83.4 cm³/mol. The fourth-order valence-corrected chi connectivity index (χ4v) is 2.19. The van der Waals surface area contributed by atoms with E-state index in [0.717, 1.165) is 24.3 Å². The van der Waals surface area contributed by atoms with E-state index in [1.165, 1.54) is 5.56 Å². The summed E-state index contributed by atoms with van der Waals surface area (Å²) in [5, 5.41) is 10.3. The van der Waals surface area contributed by atoms with E-state index in [1.807, 2.05) is 55.8 Å². The molecule has 1 atom stereocenters. The Bertz CT molecular complexity index is 528. The Morgan fingerprint density at radius 2 is 1.81 bits per heavy atom. The van der Waals surface area contributed by atoms with Gasteiger partial charge >= 0.3 is 0 Å². The fraction of sp³-hybridized carbons (Fsp3) is 0.353. The zero-order valence-corrected chi connectivity index (χ0v) is 12.6. The average molecular weight is 286 g/mol. The second kappa shape index (κ2) is 7.76. The summed E-state index contributed by atoms with van der Waals surface area (Å²) < 4.78 is 5.12. The van der Waals surface area contributed by atoms with Crippen LogP contribution in [-0.4, -0.2) is 42.2 Å². The van der Waals surface area contributed by atoms with Gasteiger partial charge in [0.1, 0.15) is 5.75 Å². The summed E-state index contributed by atoms with van der Waals surface area (Å²) in [4.78, 5) is 6.15. The summed E-state index contributed by atoms with van der Waals surface area (Å²) in [7, 11) is 3.66. The minimum Gasteiger partial charge on any atom is -0.497 e. The molecular weight excluding hydrogens is 264 g/mol. The van der Waals surface area contributed by atoms with Gasteiger partial charge in [-0.1, -0.05) is 12.1 Å². The van der Waals surface area contributed by atoms with Gasteiger partial charge in [0.15, 0.2) is 0 Å². The highest BCUT2D eigenvalue weighted by atomic mass is 16.5. The van der Waals surface area contributed by atoms with Crippen molar-refractivity contribution >= 4 is 0 Å². The van der Waals surface area contributed by atoms with E-state index in [1.54, 1.807) is 7.11 Å². The van der Waals surface area contributed by atoms with Crippen molar-refractivity contribution in [3.8, 4) is 5.75 Å². The number of ether oxygens (including phenoxy) is 1. The molecule has 0 bridgehead atoms. The van der Waals surface area contributed by atoms with Gasteiger partial charge in [0.2, 0.25) is 0 Å². The zero-order chi connectivity index (χ0) is 15.1. The molecule has 0 aliphatic carbocycles. The maximum absolute atomic E-state index is 10.3. The van der Waals surface area contributed by atoms with E-state index in [4.69, 9.17) is 4.74 Å². The van der Waals surface area contributed by atoms with Crippen molar-refractivity contribution in [1.29, 1.82) is 0 Å². The zero-order valence-electron chi connectivity index (χ0n) is 12.6. The number of nitrogens with zero attached hydrogens (tertiary/aromatic N) is 2. The Balaban J connectivity index is 1.82. The molecule has 1 heterocycles. The second-order valence-electron chi connectivity index (χ2n) is 5.16. The maximum Gasteiger partial charge on any atom is 0.118 e. The van der Waals surface area contributed by atoms with Crippen LogP contribution in [0.15, 0.2) is 48.8 Å². The second-order valence-corrected chi connectivity index (χ2v) is 5.16. The summed E-state index contributed by atoms with van der Waals surface area (Å²) >= 11 is 0. The van der Waals surface area contributed by atoms with Gasteiger partial charge < -0.3 is 14.7 Å². The lowest BCUT2D eigenvalue weighted by Crippen LogP contribution is -2.26. The number of likely N-dealkylation sites (N-methyl/N-ethyl adjacent to an activating group) is 1. The van der Waals surface area contributed by atoms with Gasteiger partial charge in [0.05, 0.1) is 13.2 Å². The molecule has 1 unspecified atom stereocenters. The number of methoxy groups -OCH3 is 1. The van der Waals surface area contributed by atoms with Gasteiger partial charge in [-0.3, -0.25) is 4.98 Å². The number of aromatic nitrogens is 1. The predicted octanol–water partition coefficient (Wildman–Crippen LogP) is 2.30. The summed E-state index contributed by atoms with van der Waals surface area (Å²) in [5.74, 6) is 0.803. The Labute approximate surface area is 126 Å². The molecule has 2 aromatic rings. The minimum atomic E-state index is -0.488. The Hall–Kier alpha value is -1.91. The quantitative estimate of drug-likeness (QED) is 0.848. The van der Waals surface area contributed by atoms with Gasteiger partial charge in [0.25, 0.3) is 0 Å². The van der Waals surface area contributed by atoms with Crippen LogP contribution in [0, 0.1) is 0 Å². The Morgan fingerprint density at radius 3 is 2.43 bits per heavy atom. The topological polar surface area (TPSA) is 45.6 Å². The van der Waals surface area contributed by atoms with Crippen LogP contribution in [0.4, 0.5) is 0 Å². The molecule has 21 heavy (non-hydrogen) atoms. The highest BCUT2D eigenvalue weighted by Gasteiger charge is 2.10. The first-order valence-corrected chi connectivity index (χ1v) is 7.08. The van der Waals surface area contributed by atoms with Gasteiger partial charge in [-0.25, -0.2) is 0 Å². The Morgan fingerprint density at radius 1 is 1.14 bits per heavy atom. The first-order valence-electron chi connectivity index (χ1n) is 7.08. The number of rotatable bonds is 7. The van der Waals surface area contributed by atoms with Crippen LogP contribution in [0.1, 0.15) is 17.2 Å². The highest BCUT2D eigenvalue weighted by Crippen LogP contribution is 2.18. The monoisotopic (exact) mass is 286 g/mol. The molecule has 0 saturated carbocycles. The molecule has 0 amide bonds. The molecule has 4 heteroatoms. The molecule has 0 saturated heterocycles. The first kappa shape index (κ1) is 15.5. The van der Waals surface area contributed by atoms with Crippen molar-refractivity contribution in [2.45, 2.75) is 12.5 Å². The summed E-state index contributed by atoms with van der Waals surface area (Å²) in [5.41, 5.74) is 2.17. The lowest BCUT2D eigenvalue weighted by Gasteiger charge is -2.21. The van der Waals surface area contributed by atoms with Crippen LogP contribution in [0.5, 0.6) is 5.75 Å². The number of hydrogen-bond acceptors (Lipinski definition) is 4. The first-order chi connectivity index (χ1) is 10.2. The van der Waals surface area contributed by atoms with Crippen LogP contribution in [0.2, 0.25) is 0 Å². The fourth-order valence-electron chi connectivity index (χ4n) is 2.19. The third-order valence-corrected chi connectivity index (χ3v) is 3.52. The van der Waals surface area contributed by atoms with Crippen molar-refractivity contribution in [1.82, 2.24) is 9.88 Å². The summed E-state index contributed by atoms with van der Waals surface area (Å²) in [6.45, 7) is 1.51. The van der Waals surface area contributed by atoms with Gasteiger partial charge in [0, 0.05) is 25.5 Å². The van der Waals surface area contributed by atoms with Gasteiger partial charge in [-0.2, -0.15) is 0 Å². The average Bonchev–Trinajstić information content (AvgIpc) is 2.54. The van der Waals surface area contributed by atoms with Crippen LogP contribution >= 0.6 is 0 Å². The van der Waals surface area contributed by atoms with E-state index in [9.17, 15) is 5.11 Å². The molecule has 1 N–H and O–H groups in total. The van der Waals surface area contributed by atoms with Gasteiger partial charge in [-0.15, -0.1) is 0 Å².